The van der Waals surface area contributed by atoms with Crippen LogP contribution in [0.25, 0.3) is 0 Å². The summed E-state index contributed by atoms with van der Waals surface area (Å²) in [5, 5.41) is 4.83. The van der Waals surface area contributed by atoms with E-state index in [9.17, 15) is 35.9 Å². The van der Waals surface area contributed by atoms with Crippen molar-refractivity contribution in [1.29, 1.82) is 0 Å². The van der Waals surface area contributed by atoms with E-state index in [1.54, 1.807) is 12.1 Å². The second-order valence-corrected chi connectivity index (χ2v) is 12.3. The third-order valence-corrected chi connectivity index (χ3v) is 8.94. The molecule has 0 saturated carbocycles. The average molecular weight is 727 g/mol. The number of aromatic nitrogens is 2. The zero-order valence-corrected chi connectivity index (χ0v) is 28.0. The number of nitrogens with zero attached hydrogens (tertiary/aromatic N) is 6. The minimum Gasteiger partial charge on any atom is -0.494 e. The van der Waals surface area contributed by atoms with Gasteiger partial charge < -0.3 is 30.1 Å². The Balaban J connectivity index is 1.60. The molecule has 0 unspecified atom stereocenters. The predicted octanol–water partition coefficient (Wildman–Crippen LogP) is 7.19. The average Bonchev–Trinajstić information content (AvgIpc) is 3.54. The molecule has 3 aromatic rings. The molecular weight excluding hydrogens is 694 g/mol. The van der Waals surface area contributed by atoms with Crippen LogP contribution in [-0.2, 0) is 17.5 Å². The van der Waals surface area contributed by atoms with Gasteiger partial charge in [-0.3, -0.25) is 4.79 Å². The number of methoxy groups -OCH3 is 1. The molecule has 2 atom stereocenters. The van der Waals surface area contributed by atoms with Crippen LogP contribution in [0, 0.1) is 0 Å². The zero-order valence-electron chi connectivity index (χ0n) is 27.3. The molecule has 0 bridgehead atoms. The lowest BCUT2D eigenvalue weighted by Gasteiger charge is -2.40. The topological polar surface area (TPSA) is 106 Å². The molecule has 268 valence electrons. The first-order chi connectivity index (χ1) is 23.4. The molecule has 5 rings (SSSR count). The minimum absolute atomic E-state index is 0.00505. The van der Waals surface area contributed by atoms with E-state index in [1.165, 1.54) is 7.11 Å². The standard InChI is InChI=1S/C32H33ClF6N8O3/c1-6-26(48)41-21-12-22(25(50-5)13-24(21)45-11-10-19(16-45)44(3)4)42-29-40-14-18-15-46(17(2)31(34,35)36)30(49)47(28(18)43-29)23-9-7-8-20(27(23)33)32(37,38)39/h6-9,12-14,17,19H,1,10-11,15-16H2,2-5H3,(H,41,48)(H,40,42,43)/t17-,19+/m0/s1. The Morgan fingerprint density at radius 1 is 1.16 bits per heavy atom. The first kappa shape index (κ1) is 36.5. The summed E-state index contributed by atoms with van der Waals surface area (Å²) in [7, 11) is 5.37. The van der Waals surface area contributed by atoms with Gasteiger partial charge in [-0.05, 0) is 51.7 Å². The number of urea groups is 1. The molecule has 3 heterocycles. The number of nitrogens with one attached hydrogen (secondary N) is 2. The van der Waals surface area contributed by atoms with E-state index < -0.39 is 53.2 Å². The Labute approximate surface area is 288 Å². The number of halogens is 7. The number of amides is 3. The van der Waals surface area contributed by atoms with Gasteiger partial charge in [-0.25, -0.2) is 14.7 Å². The molecule has 0 aliphatic carbocycles. The van der Waals surface area contributed by atoms with Gasteiger partial charge in [-0.1, -0.05) is 24.2 Å². The summed E-state index contributed by atoms with van der Waals surface area (Å²) in [5.74, 6) is -0.671. The van der Waals surface area contributed by atoms with Crippen LogP contribution in [0.5, 0.6) is 5.75 Å². The van der Waals surface area contributed by atoms with Gasteiger partial charge in [0.05, 0.1) is 47.0 Å². The Morgan fingerprint density at radius 2 is 1.88 bits per heavy atom. The number of carbonyl (C=O) groups excluding carboxylic acids is 2. The molecule has 2 aromatic carbocycles. The van der Waals surface area contributed by atoms with E-state index in [-0.39, 0.29) is 29.1 Å². The second kappa shape index (κ2) is 13.9. The monoisotopic (exact) mass is 726 g/mol. The van der Waals surface area contributed by atoms with Crippen molar-refractivity contribution in [2.24, 2.45) is 0 Å². The molecule has 1 saturated heterocycles. The summed E-state index contributed by atoms with van der Waals surface area (Å²) in [6.45, 7) is 5.03. The van der Waals surface area contributed by atoms with Gasteiger partial charge >= 0.3 is 18.4 Å². The van der Waals surface area contributed by atoms with E-state index in [2.05, 4.69) is 37.0 Å². The highest BCUT2D eigenvalue weighted by atomic mass is 35.5. The van der Waals surface area contributed by atoms with E-state index in [1.807, 2.05) is 14.1 Å². The van der Waals surface area contributed by atoms with Crippen LogP contribution in [-0.4, -0.2) is 84.3 Å². The van der Waals surface area contributed by atoms with Crippen LogP contribution in [0.3, 0.4) is 0 Å². The maximum atomic E-state index is 13.8. The maximum absolute atomic E-state index is 13.8. The van der Waals surface area contributed by atoms with E-state index >= 15 is 0 Å². The lowest BCUT2D eigenvalue weighted by atomic mass is 10.1. The number of benzene rings is 2. The fourth-order valence-corrected chi connectivity index (χ4v) is 6.04. The number of fused-ring (bicyclic) bond motifs is 1. The van der Waals surface area contributed by atoms with Crippen molar-refractivity contribution in [2.45, 2.75) is 44.3 Å². The molecule has 0 radical (unpaired) electrons. The molecular formula is C32H33ClF6N8O3. The van der Waals surface area contributed by atoms with E-state index in [4.69, 9.17) is 16.3 Å². The minimum atomic E-state index is -4.93. The first-order valence-corrected chi connectivity index (χ1v) is 15.5. The van der Waals surface area contributed by atoms with Gasteiger partial charge in [0.2, 0.25) is 11.9 Å². The number of likely N-dealkylation sites (N-methyl/N-ethyl adjacent to an activating group) is 1. The normalized spacial score (nSPS) is 17.2. The number of ether oxygens (including phenoxy) is 1. The van der Waals surface area contributed by atoms with Gasteiger partial charge in [0.1, 0.15) is 11.8 Å². The molecule has 18 heteroatoms. The van der Waals surface area contributed by atoms with Crippen molar-refractivity contribution in [3.05, 3.63) is 65.3 Å². The van der Waals surface area contributed by atoms with Crippen molar-refractivity contribution in [3.8, 4) is 5.75 Å². The van der Waals surface area contributed by atoms with Crippen LogP contribution < -0.4 is 25.2 Å². The summed E-state index contributed by atoms with van der Waals surface area (Å²) < 4.78 is 88.6. The van der Waals surface area contributed by atoms with E-state index in [0.29, 0.717) is 46.1 Å². The molecule has 11 nitrogen and oxygen atoms in total. The van der Waals surface area contributed by atoms with E-state index in [0.717, 1.165) is 37.8 Å². The summed E-state index contributed by atoms with van der Waals surface area (Å²) in [6, 6.07) is 2.66. The second-order valence-electron chi connectivity index (χ2n) is 11.9. The Morgan fingerprint density at radius 3 is 2.48 bits per heavy atom. The number of alkyl halides is 6. The molecule has 2 aliphatic rings. The Bertz CT molecular complexity index is 1800. The molecule has 1 aromatic heterocycles. The number of anilines is 6. The largest absolute Gasteiger partial charge is 0.494 e. The van der Waals surface area contributed by atoms with Crippen LogP contribution in [0.15, 0.2) is 49.2 Å². The number of hydrogen-bond acceptors (Lipinski definition) is 8. The smallest absolute Gasteiger partial charge is 0.417 e. The van der Waals surface area contributed by atoms with Crippen molar-refractivity contribution in [1.82, 2.24) is 19.8 Å². The lowest BCUT2D eigenvalue weighted by Crippen LogP contribution is -2.53. The lowest BCUT2D eigenvalue weighted by molar-refractivity contribution is -0.172. The van der Waals surface area contributed by atoms with Crippen LogP contribution in [0.1, 0.15) is 24.5 Å². The van der Waals surface area contributed by atoms with Gasteiger partial charge in [0.25, 0.3) is 0 Å². The van der Waals surface area contributed by atoms with Crippen LogP contribution in [0.4, 0.5) is 65.7 Å². The van der Waals surface area contributed by atoms with Crippen LogP contribution >= 0.6 is 11.6 Å². The molecule has 0 spiro atoms. The molecule has 1 fully saturated rings. The first-order valence-electron chi connectivity index (χ1n) is 15.2. The fraction of sp³-hybridized carbons (Fsp3) is 0.375. The SMILES string of the molecule is C=CC(=O)Nc1cc(Nc2ncc3c(n2)N(c2cccc(C(F)(F)F)c2Cl)C(=O)N([C@@H](C)C(F)(F)F)C3)c(OC)cc1N1CC[C@@H](N(C)C)C1. The third-order valence-electron chi connectivity index (χ3n) is 8.54. The van der Waals surface area contributed by atoms with Crippen LogP contribution in [0.2, 0.25) is 5.02 Å². The zero-order chi connectivity index (χ0) is 36.7. The summed E-state index contributed by atoms with van der Waals surface area (Å²) in [6.07, 6.45) is -6.65. The molecule has 2 aliphatic heterocycles. The van der Waals surface area contributed by atoms with Crippen molar-refractivity contribution < 1.29 is 40.7 Å². The Kier molecular flexibility index (Phi) is 10.1. The summed E-state index contributed by atoms with van der Waals surface area (Å²) >= 11 is 6.17. The number of hydrogen-bond donors (Lipinski definition) is 2. The van der Waals surface area contributed by atoms with Gasteiger partial charge in [-0.15, -0.1) is 0 Å². The van der Waals surface area contributed by atoms with Gasteiger partial charge in [0.15, 0.2) is 5.82 Å². The van der Waals surface area contributed by atoms with Gasteiger partial charge in [0, 0.05) is 37.0 Å². The summed E-state index contributed by atoms with van der Waals surface area (Å²) in [5.41, 5.74) is -0.529. The molecule has 50 heavy (non-hydrogen) atoms. The van der Waals surface area contributed by atoms with Crippen molar-refractivity contribution in [2.75, 3.05) is 54.7 Å². The highest BCUT2D eigenvalue weighted by molar-refractivity contribution is 6.35. The number of carbonyl (C=O) groups is 2. The fourth-order valence-electron chi connectivity index (χ4n) is 5.72. The molecule has 2 N–H and O–H groups in total. The third kappa shape index (κ3) is 7.23. The maximum Gasteiger partial charge on any atom is 0.417 e. The molecule has 3 amide bonds. The predicted molar refractivity (Wildman–Crippen MR) is 176 cm³/mol. The van der Waals surface area contributed by atoms with Crippen molar-refractivity contribution in [3.63, 3.8) is 0 Å². The summed E-state index contributed by atoms with van der Waals surface area (Å²) in [4.78, 5) is 40.0. The quantitative estimate of drug-likeness (QED) is 0.176. The highest BCUT2D eigenvalue weighted by Crippen LogP contribution is 2.45. The number of rotatable bonds is 9. The van der Waals surface area contributed by atoms with Gasteiger partial charge in [-0.2, -0.15) is 31.3 Å². The van der Waals surface area contributed by atoms with Crippen molar-refractivity contribution >= 4 is 58.1 Å². The highest BCUT2D eigenvalue weighted by Gasteiger charge is 2.47. The Hall–Kier alpha value is -4.77.